The molecule has 0 aliphatic carbocycles. The Bertz CT molecular complexity index is 915. The zero-order chi connectivity index (χ0) is 22.8. The van der Waals surface area contributed by atoms with Crippen LogP contribution in [0.1, 0.15) is 21.8 Å². The zero-order valence-corrected chi connectivity index (χ0v) is 19.1. The van der Waals surface area contributed by atoms with E-state index in [-0.39, 0.29) is 31.3 Å². The number of amides is 3. The topological polar surface area (TPSA) is 113 Å². The number of thiazole rings is 1. The lowest BCUT2D eigenvalue weighted by molar-refractivity contribution is -0.129. The highest BCUT2D eigenvalue weighted by atomic mass is 32.1. The number of anilines is 1. The second kappa shape index (κ2) is 12.1. The Morgan fingerprint density at radius 1 is 1.06 bits per heavy atom. The number of nitrogens with one attached hydrogen (secondary N) is 3. The molecule has 0 aliphatic rings. The summed E-state index contributed by atoms with van der Waals surface area (Å²) >= 11 is 1.39. The monoisotopic (exact) mass is 447 g/mol. The lowest BCUT2D eigenvalue weighted by Gasteiger charge is -2.21. The molecule has 0 aliphatic heterocycles. The highest BCUT2D eigenvalue weighted by Crippen LogP contribution is 2.17. The molecule has 0 saturated heterocycles. The van der Waals surface area contributed by atoms with Crippen LogP contribution in [-0.2, 0) is 25.5 Å². The van der Waals surface area contributed by atoms with Crippen molar-refractivity contribution in [1.82, 2.24) is 20.7 Å². The van der Waals surface area contributed by atoms with Crippen LogP contribution in [0.15, 0.2) is 23.6 Å². The molecule has 2 rings (SSSR count). The van der Waals surface area contributed by atoms with Crippen molar-refractivity contribution in [2.24, 2.45) is 0 Å². The summed E-state index contributed by atoms with van der Waals surface area (Å²) in [5.41, 5.74) is 8.43. The van der Waals surface area contributed by atoms with Gasteiger partial charge in [-0.1, -0.05) is 12.1 Å². The van der Waals surface area contributed by atoms with Gasteiger partial charge < -0.3 is 10.1 Å². The van der Waals surface area contributed by atoms with E-state index in [1.54, 1.807) is 12.0 Å². The van der Waals surface area contributed by atoms with E-state index in [1.807, 2.05) is 44.4 Å². The van der Waals surface area contributed by atoms with Gasteiger partial charge in [-0.05, 0) is 38.0 Å². The van der Waals surface area contributed by atoms with Gasteiger partial charge in [0.2, 0.25) is 11.8 Å². The van der Waals surface area contributed by atoms with Crippen LogP contribution >= 0.6 is 11.3 Å². The molecule has 1 aromatic heterocycles. The quantitative estimate of drug-likeness (QED) is 0.474. The first kappa shape index (κ1) is 24.4. The molecule has 0 atom stereocenters. The lowest BCUT2D eigenvalue weighted by atomic mass is 10.1. The van der Waals surface area contributed by atoms with Gasteiger partial charge in [0.1, 0.15) is 5.01 Å². The molecule has 1 heterocycles. The van der Waals surface area contributed by atoms with E-state index in [9.17, 15) is 14.4 Å². The molecule has 10 heteroatoms. The number of hydrogen-bond donors (Lipinski definition) is 3. The maximum atomic E-state index is 12.5. The maximum absolute atomic E-state index is 12.5. The van der Waals surface area contributed by atoms with Gasteiger partial charge in [-0.2, -0.15) is 0 Å². The van der Waals surface area contributed by atoms with Crippen LogP contribution in [-0.4, -0.2) is 61.0 Å². The smallest absolute Gasteiger partial charge is 0.252 e. The van der Waals surface area contributed by atoms with Crippen LogP contribution in [0, 0.1) is 20.8 Å². The molecule has 31 heavy (non-hydrogen) atoms. The Morgan fingerprint density at radius 3 is 2.45 bits per heavy atom. The first-order valence-corrected chi connectivity index (χ1v) is 10.7. The second-order valence-corrected chi connectivity index (χ2v) is 8.10. The number of methoxy groups -OCH3 is 1. The average molecular weight is 448 g/mol. The van der Waals surface area contributed by atoms with Gasteiger partial charge in [-0.3, -0.25) is 30.1 Å². The number of hydrazine groups is 1. The predicted octanol–water partition coefficient (Wildman–Crippen LogP) is 1.35. The summed E-state index contributed by atoms with van der Waals surface area (Å²) in [4.78, 5) is 42.6. The van der Waals surface area contributed by atoms with Crippen LogP contribution in [0.2, 0.25) is 0 Å². The van der Waals surface area contributed by atoms with Crippen molar-refractivity contribution in [3.63, 3.8) is 0 Å². The summed E-state index contributed by atoms with van der Waals surface area (Å²) in [7, 11) is 1.55. The minimum absolute atomic E-state index is 0.0104. The molecular formula is C21H29N5O4S. The van der Waals surface area contributed by atoms with E-state index in [4.69, 9.17) is 4.74 Å². The third-order valence-electron chi connectivity index (χ3n) is 4.54. The van der Waals surface area contributed by atoms with Gasteiger partial charge in [0.05, 0.1) is 26.1 Å². The predicted molar refractivity (Wildman–Crippen MR) is 120 cm³/mol. The molecule has 3 N–H and O–H groups in total. The average Bonchev–Trinajstić information content (AvgIpc) is 3.12. The molecule has 0 spiro atoms. The number of hydrogen-bond acceptors (Lipinski definition) is 7. The van der Waals surface area contributed by atoms with Crippen molar-refractivity contribution in [3.05, 3.63) is 45.4 Å². The largest absolute Gasteiger partial charge is 0.383 e. The van der Waals surface area contributed by atoms with Gasteiger partial charge in [-0.15, -0.1) is 11.3 Å². The summed E-state index contributed by atoms with van der Waals surface area (Å²) < 4.78 is 5.07. The standard InChI is InChI=1S/C21H29N5O4S/c1-14-6-5-7-17(16(14)3)23-19(28)11-26(8-9-30-4)12-20(29)25-24-18(27)10-21-22-15(2)13-31-21/h5-7,13H,8-12H2,1-4H3,(H,23,28)(H,24,27)(H,25,29). The minimum atomic E-state index is -0.431. The number of ether oxygens (including phenoxy) is 1. The van der Waals surface area contributed by atoms with Crippen molar-refractivity contribution in [1.29, 1.82) is 0 Å². The van der Waals surface area contributed by atoms with E-state index in [2.05, 4.69) is 21.2 Å². The summed E-state index contributed by atoms with van der Waals surface area (Å²) in [5, 5.41) is 5.42. The highest BCUT2D eigenvalue weighted by molar-refractivity contribution is 7.09. The fourth-order valence-corrected chi connectivity index (χ4v) is 3.53. The SMILES string of the molecule is COCCN(CC(=O)NNC(=O)Cc1nc(C)cs1)CC(=O)Nc1cccc(C)c1C. The van der Waals surface area contributed by atoms with Crippen molar-refractivity contribution in [2.45, 2.75) is 27.2 Å². The van der Waals surface area contributed by atoms with E-state index in [0.717, 1.165) is 22.5 Å². The number of nitrogens with zero attached hydrogens (tertiary/aromatic N) is 2. The molecule has 2 aromatic rings. The van der Waals surface area contributed by atoms with Crippen molar-refractivity contribution >= 4 is 34.7 Å². The number of aromatic nitrogens is 1. The Balaban J connectivity index is 1.84. The van der Waals surface area contributed by atoms with Gasteiger partial charge in [0.25, 0.3) is 5.91 Å². The Morgan fingerprint density at radius 2 is 1.77 bits per heavy atom. The lowest BCUT2D eigenvalue weighted by Crippen LogP contribution is -2.48. The highest BCUT2D eigenvalue weighted by Gasteiger charge is 2.16. The number of carbonyl (C=O) groups is 3. The fourth-order valence-electron chi connectivity index (χ4n) is 2.76. The summed E-state index contributed by atoms with van der Waals surface area (Å²) in [6.07, 6.45) is 0.0877. The number of rotatable bonds is 10. The molecule has 1 aromatic carbocycles. The van der Waals surface area contributed by atoms with E-state index in [0.29, 0.717) is 18.2 Å². The van der Waals surface area contributed by atoms with Crippen LogP contribution in [0.5, 0.6) is 0 Å². The zero-order valence-electron chi connectivity index (χ0n) is 18.3. The third kappa shape index (κ3) is 8.44. The first-order valence-electron chi connectivity index (χ1n) is 9.84. The number of carbonyl (C=O) groups excluding carboxylic acids is 3. The number of aryl methyl sites for hydroxylation is 2. The van der Waals surface area contributed by atoms with Crippen molar-refractivity contribution in [2.75, 3.05) is 38.7 Å². The molecule has 0 bridgehead atoms. The van der Waals surface area contributed by atoms with Crippen LogP contribution in [0.25, 0.3) is 0 Å². The summed E-state index contributed by atoms with van der Waals surface area (Å²) in [6.45, 7) is 6.46. The van der Waals surface area contributed by atoms with Crippen LogP contribution in [0.3, 0.4) is 0 Å². The van der Waals surface area contributed by atoms with E-state index < -0.39 is 5.91 Å². The first-order chi connectivity index (χ1) is 14.8. The van der Waals surface area contributed by atoms with Crippen molar-refractivity contribution in [3.8, 4) is 0 Å². The molecule has 0 radical (unpaired) electrons. The molecule has 168 valence electrons. The van der Waals surface area contributed by atoms with E-state index in [1.165, 1.54) is 11.3 Å². The molecule has 9 nitrogen and oxygen atoms in total. The molecule has 0 fully saturated rings. The van der Waals surface area contributed by atoms with Gasteiger partial charge in [0, 0.05) is 30.4 Å². The summed E-state index contributed by atoms with van der Waals surface area (Å²) in [5.74, 6) is -1.03. The van der Waals surface area contributed by atoms with Crippen molar-refractivity contribution < 1.29 is 19.1 Å². The molecule has 3 amide bonds. The maximum Gasteiger partial charge on any atom is 0.252 e. The second-order valence-electron chi connectivity index (χ2n) is 7.15. The Kier molecular flexibility index (Phi) is 9.57. The van der Waals surface area contributed by atoms with Crippen LogP contribution < -0.4 is 16.2 Å². The van der Waals surface area contributed by atoms with Crippen LogP contribution in [0.4, 0.5) is 5.69 Å². The van der Waals surface area contributed by atoms with Gasteiger partial charge >= 0.3 is 0 Å². The van der Waals surface area contributed by atoms with E-state index >= 15 is 0 Å². The fraction of sp³-hybridized carbons (Fsp3) is 0.429. The molecule has 0 saturated carbocycles. The Labute approximate surface area is 186 Å². The normalized spacial score (nSPS) is 10.7. The minimum Gasteiger partial charge on any atom is -0.383 e. The van der Waals surface area contributed by atoms with Gasteiger partial charge in [-0.25, -0.2) is 4.98 Å². The summed E-state index contributed by atoms with van der Waals surface area (Å²) in [6, 6.07) is 5.69. The number of benzene rings is 1. The third-order valence-corrected chi connectivity index (χ3v) is 5.51. The Hall–Kier alpha value is -2.82. The molecular weight excluding hydrogens is 418 g/mol. The van der Waals surface area contributed by atoms with Gasteiger partial charge in [0.15, 0.2) is 0 Å². The molecule has 0 unspecified atom stereocenters.